The minimum atomic E-state index is -0.732. The minimum absolute atomic E-state index is 0.109. The van der Waals surface area contributed by atoms with E-state index in [0.717, 1.165) is 64.2 Å². The van der Waals surface area contributed by atoms with Gasteiger partial charge in [0.25, 0.3) is 0 Å². The summed E-state index contributed by atoms with van der Waals surface area (Å²) < 4.78 is 0. The molecule has 23 heavy (non-hydrogen) atoms. The van der Waals surface area contributed by atoms with Crippen molar-refractivity contribution in [3.63, 3.8) is 0 Å². The monoisotopic (exact) mass is 328 g/mol. The fourth-order valence-electron chi connectivity index (χ4n) is 2.95. The molecular weight excluding hydrogens is 292 g/mol. The number of carbonyl (C=O) groups is 2. The zero-order valence-electron chi connectivity index (χ0n) is 15.1. The predicted molar refractivity (Wildman–Crippen MR) is 93.5 cm³/mol. The highest BCUT2D eigenvalue weighted by Gasteiger charge is 2.14. The molecule has 0 amide bonds. The molecule has 0 bridgehead atoms. The number of hydrogen-bond donors (Lipinski definition) is 2. The number of unbranched alkanes of at least 4 members (excludes halogenated alkanes) is 5. The third-order valence-corrected chi connectivity index (χ3v) is 4.50. The molecule has 0 aromatic heterocycles. The van der Waals surface area contributed by atoms with Gasteiger partial charge in [-0.05, 0) is 39.0 Å². The second-order valence-corrected chi connectivity index (χ2v) is 6.73. The van der Waals surface area contributed by atoms with Gasteiger partial charge in [-0.1, -0.05) is 51.9 Å². The van der Waals surface area contributed by atoms with E-state index < -0.39 is 5.97 Å². The maximum atomic E-state index is 11.7. The lowest BCUT2D eigenvalue weighted by atomic mass is 9.91. The first kappa shape index (κ1) is 22.1. The molecule has 136 valence electrons. The van der Waals surface area contributed by atoms with Crippen LogP contribution in [0.3, 0.4) is 0 Å². The van der Waals surface area contributed by atoms with Crippen LogP contribution >= 0.6 is 0 Å². The Kier molecular flexibility index (Phi) is 14.1. The van der Waals surface area contributed by atoms with Crippen molar-refractivity contribution in [2.45, 2.75) is 103 Å². The van der Waals surface area contributed by atoms with E-state index in [-0.39, 0.29) is 24.2 Å². The van der Waals surface area contributed by atoms with Crippen molar-refractivity contribution in [3.05, 3.63) is 0 Å². The molecule has 0 heterocycles. The molecule has 0 saturated carbocycles. The van der Waals surface area contributed by atoms with Crippen LogP contribution < -0.4 is 0 Å². The van der Waals surface area contributed by atoms with Crippen LogP contribution in [0.5, 0.6) is 0 Å². The van der Waals surface area contributed by atoms with E-state index in [1.54, 1.807) is 6.92 Å². The number of rotatable bonds is 16. The first-order valence-corrected chi connectivity index (χ1v) is 9.37. The van der Waals surface area contributed by atoms with Crippen LogP contribution in [0.4, 0.5) is 0 Å². The van der Waals surface area contributed by atoms with E-state index in [4.69, 9.17) is 5.11 Å². The summed E-state index contributed by atoms with van der Waals surface area (Å²) in [5.41, 5.74) is 0. The molecule has 0 aromatic rings. The molecule has 0 aromatic carbocycles. The number of carboxylic acid groups (broad SMARTS) is 1. The largest absolute Gasteiger partial charge is 0.481 e. The Morgan fingerprint density at radius 1 is 0.826 bits per heavy atom. The molecule has 2 N–H and O–H groups in total. The van der Waals surface area contributed by atoms with E-state index in [1.807, 2.05) is 0 Å². The van der Waals surface area contributed by atoms with Gasteiger partial charge < -0.3 is 10.2 Å². The quantitative estimate of drug-likeness (QED) is 0.402. The van der Waals surface area contributed by atoms with Crippen molar-refractivity contribution >= 4 is 11.8 Å². The minimum Gasteiger partial charge on any atom is -0.481 e. The number of aliphatic carboxylic acids is 1. The smallest absolute Gasteiger partial charge is 0.303 e. The van der Waals surface area contributed by atoms with Gasteiger partial charge in [0.15, 0.2) is 0 Å². The molecule has 0 rings (SSSR count). The van der Waals surface area contributed by atoms with Crippen LogP contribution in [0.25, 0.3) is 0 Å². The van der Waals surface area contributed by atoms with Gasteiger partial charge in [-0.25, -0.2) is 0 Å². The Labute approximate surface area is 141 Å². The van der Waals surface area contributed by atoms with E-state index >= 15 is 0 Å². The molecule has 0 aliphatic carbocycles. The Balaban J connectivity index is 3.73. The Morgan fingerprint density at radius 2 is 1.39 bits per heavy atom. The van der Waals surface area contributed by atoms with Crippen molar-refractivity contribution in [2.75, 3.05) is 0 Å². The predicted octanol–water partition coefficient (Wildman–Crippen LogP) is 4.73. The number of carbonyl (C=O) groups excluding carboxylic acids is 1. The van der Waals surface area contributed by atoms with Crippen molar-refractivity contribution in [1.29, 1.82) is 0 Å². The second kappa shape index (κ2) is 14.7. The van der Waals surface area contributed by atoms with E-state index in [1.165, 1.54) is 12.8 Å². The van der Waals surface area contributed by atoms with Crippen molar-refractivity contribution < 1.29 is 19.8 Å². The fourth-order valence-corrected chi connectivity index (χ4v) is 2.95. The first-order valence-electron chi connectivity index (χ1n) is 9.37. The van der Waals surface area contributed by atoms with Gasteiger partial charge in [-0.3, -0.25) is 9.59 Å². The maximum absolute atomic E-state index is 11.7. The summed E-state index contributed by atoms with van der Waals surface area (Å²) in [5.74, 6) is -0.377. The number of ketones is 1. The topological polar surface area (TPSA) is 74.6 Å². The van der Waals surface area contributed by atoms with Gasteiger partial charge in [-0.2, -0.15) is 0 Å². The van der Waals surface area contributed by atoms with Gasteiger partial charge in [0.2, 0.25) is 0 Å². The van der Waals surface area contributed by atoms with Gasteiger partial charge in [-0.15, -0.1) is 0 Å². The Bertz CT molecular complexity index is 314. The summed E-state index contributed by atoms with van der Waals surface area (Å²) in [6.07, 6.45) is 11.5. The molecule has 4 nitrogen and oxygen atoms in total. The molecule has 4 heteroatoms. The molecule has 0 aliphatic heterocycles. The first-order chi connectivity index (χ1) is 11.0. The average molecular weight is 328 g/mol. The summed E-state index contributed by atoms with van der Waals surface area (Å²) in [7, 11) is 0. The zero-order chi connectivity index (χ0) is 17.5. The number of aliphatic hydroxyl groups is 1. The summed E-state index contributed by atoms with van der Waals surface area (Å²) in [6.45, 7) is 3.82. The van der Waals surface area contributed by atoms with Crippen LogP contribution in [-0.4, -0.2) is 28.1 Å². The van der Waals surface area contributed by atoms with Crippen molar-refractivity contribution in [1.82, 2.24) is 0 Å². The van der Waals surface area contributed by atoms with Crippen LogP contribution in [0.1, 0.15) is 97.3 Å². The zero-order valence-corrected chi connectivity index (χ0v) is 15.1. The lowest BCUT2D eigenvalue weighted by Gasteiger charge is -2.15. The number of hydrogen-bond acceptors (Lipinski definition) is 3. The molecule has 0 spiro atoms. The van der Waals surface area contributed by atoms with Gasteiger partial charge >= 0.3 is 5.97 Å². The number of Topliss-reactive ketones (excluding diaryl/α,β-unsaturated/α-hetero) is 1. The third kappa shape index (κ3) is 14.4. The van der Waals surface area contributed by atoms with Crippen molar-refractivity contribution in [3.8, 4) is 0 Å². The van der Waals surface area contributed by atoms with E-state index in [2.05, 4.69) is 6.92 Å². The van der Waals surface area contributed by atoms with E-state index in [9.17, 15) is 14.7 Å². The van der Waals surface area contributed by atoms with E-state index in [0.29, 0.717) is 0 Å². The van der Waals surface area contributed by atoms with Gasteiger partial charge in [0.05, 0.1) is 6.10 Å². The summed E-state index contributed by atoms with van der Waals surface area (Å²) in [4.78, 5) is 22.1. The van der Waals surface area contributed by atoms with Gasteiger partial charge in [0.1, 0.15) is 5.78 Å². The maximum Gasteiger partial charge on any atom is 0.303 e. The highest BCUT2D eigenvalue weighted by Crippen LogP contribution is 2.20. The molecule has 0 saturated heterocycles. The number of aliphatic hydroxyl groups excluding tert-OH is 1. The molecule has 0 fully saturated rings. The van der Waals surface area contributed by atoms with Crippen LogP contribution in [-0.2, 0) is 9.59 Å². The number of carboxylic acids is 1. The second-order valence-electron chi connectivity index (χ2n) is 6.73. The SMILES string of the molecule is CCCCC[C@H](O)CCC[C@H](CCCCCCC(=O)O)C(C)=O. The fraction of sp³-hybridized carbons (Fsp3) is 0.895. The molecule has 0 aliphatic rings. The lowest BCUT2D eigenvalue weighted by molar-refractivity contribution is -0.137. The standard InChI is InChI=1S/C19H36O4/c1-3-4-7-13-18(21)14-10-12-17(16(2)20)11-8-5-6-9-15-19(22)23/h17-18,21H,3-15H2,1-2H3,(H,22,23)/t17-,18-/m0/s1. The van der Waals surface area contributed by atoms with Crippen LogP contribution in [0.2, 0.25) is 0 Å². The summed E-state index contributed by atoms with van der Waals surface area (Å²) in [6, 6.07) is 0. The highest BCUT2D eigenvalue weighted by atomic mass is 16.4. The normalized spacial score (nSPS) is 13.7. The van der Waals surface area contributed by atoms with Crippen LogP contribution in [0, 0.1) is 5.92 Å². The molecule has 0 radical (unpaired) electrons. The Hall–Kier alpha value is -0.900. The Morgan fingerprint density at radius 3 is 2.00 bits per heavy atom. The highest BCUT2D eigenvalue weighted by molar-refractivity contribution is 5.78. The average Bonchev–Trinajstić information content (AvgIpc) is 2.48. The molecule has 2 atom stereocenters. The van der Waals surface area contributed by atoms with Gasteiger partial charge in [0, 0.05) is 12.3 Å². The van der Waals surface area contributed by atoms with Crippen molar-refractivity contribution in [2.24, 2.45) is 5.92 Å². The summed E-state index contributed by atoms with van der Waals surface area (Å²) >= 11 is 0. The molecule has 0 unspecified atom stereocenters. The van der Waals surface area contributed by atoms with Crippen LogP contribution in [0.15, 0.2) is 0 Å². The summed E-state index contributed by atoms with van der Waals surface area (Å²) in [5, 5.41) is 18.5. The lowest BCUT2D eigenvalue weighted by Crippen LogP contribution is -2.13. The third-order valence-electron chi connectivity index (χ3n) is 4.50. The molecular formula is C19H36O4.